The lowest BCUT2D eigenvalue weighted by Crippen LogP contribution is -2.21. The maximum Gasteiger partial charge on any atom is 0.226 e. The molecular weight excluding hydrogens is 264 g/mol. The summed E-state index contributed by atoms with van der Waals surface area (Å²) in [5.41, 5.74) is 0.786. The fourth-order valence-corrected chi connectivity index (χ4v) is 2.98. The zero-order valence-electron chi connectivity index (χ0n) is 12.7. The SMILES string of the molecule is CCNc1nc(NC2CCCCCCC2)c2cn[nH]c2n1. The maximum atomic E-state index is 4.62. The third-order valence-corrected chi connectivity index (χ3v) is 4.09. The number of rotatable bonds is 4. The van der Waals surface area contributed by atoms with Crippen molar-refractivity contribution in [3.05, 3.63) is 6.20 Å². The van der Waals surface area contributed by atoms with Crippen molar-refractivity contribution in [1.82, 2.24) is 20.2 Å². The summed E-state index contributed by atoms with van der Waals surface area (Å²) in [6, 6.07) is 0.507. The molecule has 6 nitrogen and oxygen atoms in total. The second-order valence-electron chi connectivity index (χ2n) is 5.74. The summed E-state index contributed by atoms with van der Waals surface area (Å²) < 4.78 is 0. The third-order valence-electron chi connectivity index (χ3n) is 4.09. The molecule has 0 aromatic carbocycles. The van der Waals surface area contributed by atoms with E-state index in [9.17, 15) is 0 Å². The standard InChI is InChI=1S/C15H24N6/c1-2-16-15-19-13(12-10-17-21-14(12)20-15)18-11-8-6-4-3-5-7-9-11/h10-11H,2-9H2,1H3,(H3,16,17,18,19,20,21). The van der Waals surface area contributed by atoms with Crippen molar-refractivity contribution < 1.29 is 0 Å². The highest BCUT2D eigenvalue weighted by molar-refractivity contribution is 5.87. The molecule has 0 unspecified atom stereocenters. The molecule has 0 atom stereocenters. The van der Waals surface area contributed by atoms with E-state index in [0.29, 0.717) is 12.0 Å². The van der Waals surface area contributed by atoms with Gasteiger partial charge in [0.25, 0.3) is 0 Å². The molecule has 0 aliphatic heterocycles. The zero-order valence-corrected chi connectivity index (χ0v) is 12.7. The fraction of sp³-hybridized carbons (Fsp3) is 0.667. The van der Waals surface area contributed by atoms with Gasteiger partial charge in [-0.15, -0.1) is 0 Å². The second kappa shape index (κ2) is 6.74. The van der Waals surface area contributed by atoms with Crippen LogP contribution in [-0.2, 0) is 0 Å². The Morgan fingerprint density at radius 2 is 1.90 bits per heavy atom. The highest BCUT2D eigenvalue weighted by atomic mass is 15.2. The molecule has 0 bridgehead atoms. The molecule has 0 spiro atoms. The van der Waals surface area contributed by atoms with Crippen LogP contribution in [-0.4, -0.2) is 32.8 Å². The molecule has 0 amide bonds. The number of fused-ring (bicyclic) bond motifs is 1. The summed E-state index contributed by atoms with van der Waals surface area (Å²) in [6.45, 7) is 2.85. The van der Waals surface area contributed by atoms with Gasteiger partial charge >= 0.3 is 0 Å². The van der Waals surface area contributed by atoms with Crippen LogP contribution in [0, 0.1) is 0 Å². The summed E-state index contributed by atoms with van der Waals surface area (Å²) in [4.78, 5) is 9.05. The van der Waals surface area contributed by atoms with Crippen LogP contribution < -0.4 is 10.6 Å². The Kier molecular flexibility index (Phi) is 4.52. The highest BCUT2D eigenvalue weighted by Gasteiger charge is 2.15. The highest BCUT2D eigenvalue weighted by Crippen LogP contribution is 2.24. The number of hydrogen-bond acceptors (Lipinski definition) is 5. The van der Waals surface area contributed by atoms with Crippen molar-refractivity contribution >= 4 is 22.8 Å². The van der Waals surface area contributed by atoms with Gasteiger partial charge in [-0.3, -0.25) is 5.10 Å². The van der Waals surface area contributed by atoms with Crippen molar-refractivity contribution in [1.29, 1.82) is 0 Å². The van der Waals surface area contributed by atoms with Crippen LogP contribution in [0.4, 0.5) is 11.8 Å². The van der Waals surface area contributed by atoms with Crippen molar-refractivity contribution in [2.24, 2.45) is 0 Å². The van der Waals surface area contributed by atoms with Crippen LogP contribution in [0.25, 0.3) is 11.0 Å². The largest absolute Gasteiger partial charge is 0.367 e. The summed E-state index contributed by atoms with van der Waals surface area (Å²) in [5.74, 6) is 1.55. The minimum atomic E-state index is 0.507. The molecule has 0 saturated heterocycles. The number of hydrogen-bond donors (Lipinski definition) is 3. The van der Waals surface area contributed by atoms with Gasteiger partial charge in [-0.1, -0.05) is 32.1 Å². The fourth-order valence-electron chi connectivity index (χ4n) is 2.98. The predicted molar refractivity (Wildman–Crippen MR) is 85.6 cm³/mol. The zero-order chi connectivity index (χ0) is 14.5. The monoisotopic (exact) mass is 288 g/mol. The quantitative estimate of drug-likeness (QED) is 0.804. The van der Waals surface area contributed by atoms with Gasteiger partial charge in [0, 0.05) is 12.6 Å². The molecule has 2 heterocycles. The molecule has 3 rings (SSSR count). The van der Waals surface area contributed by atoms with Gasteiger partial charge in [0.15, 0.2) is 5.65 Å². The molecule has 1 aliphatic rings. The Bertz CT molecular complexity index is 571. The molecule has 21 heavy (non-hydrogen) atoms. The van der Waals surface area contributed by atoms with Gasteiger partial charge in [-0.25, -0.2) is 0 Å². The number of anilines is 2. The Hall–Kier alpha value is -1.85. The van der Waals surface area contributed by atoms with Crippen LogP contribution in [0.2, 0.25) is 0 Å². The first-order valence-electron chi connectivity index (χ1n) is 8.08. The van der Waals surface area contributed by atoms with Gasteiger partial charge in [0.2, 0.25) is 5.95 Å². The average Bonchev–Trinajstić information content (AvgIpc) is 2.90. The number of aromatic nitrogens is 4. The van der Waals surface area contributed by atoms with E-state index in [1.54, 1.807) is 6.20 Å². The van der Waals surface area contributed by atoms with Gasteiger partial charge in [-0.2, -0.15) is 15.1 Å². The topological polar surface area (TPSA) is 78.5 Å². The summed E-state index contributed by atoms with van der Waals surface area (Å²) in [5, 5.41) is 14.8. The molecule has 1 fully saturated rings. The molecule has 6 heteroatoms. The third kappa shape index (κ3) is 3.43. The molecule has 2 aromatic rings. The molecule has 114 valence electrons. The summed E-state index contributed by atoms with van der Waals surface area (Å²) in [7, 11) is 0. The number of nitrogens with one attached hydrogen (secondary N) is 3. The normalized spacial score (nSPS) is 17.4. The van der Waals surface area contributed by atoms with Gasteiger partial charge in [0.05, 0.1) is 11.6 Å². The van der Waals surface area contributed by atoms with E-state index in [1.807, 2.05) is 6.92 Å². The molecule has 3 N–H and O–H groups in total. The Morgan fingerprint density at radius 3 is 2.67 bits per heavy atom. The smallest absolute Gasteiger partial charge is 0.226 e. The minimum Gasteiger partial charge on any atom is -0.367 e. The van der Waals surface area contributed by atoms with Crippen LogP contribution in [0.1, 0.15) is 51.9 Å². The molecule has 2 aromatic heterocycles. The molecular formula is C15H24N6. The van der Waals surface area contributed by atoms with Gasteiger partial charge < -0.3 is 10.6 Å². The van der Waals surface area contributed by atoms with E-state index in [4.69, 9.17) is 0 Å². The van der Waals surface area contributed by atoms with E-state index in [0.717, 1.165) is 23.4 Å². The first kappa shape index (κ1) is 14.1. The lowest BCUT2D eigenvalue weighted by Gasteiger charge is -2.22. The number of aromatic amines is 1. The summed E-state index contributed by atoms with van der Waals surface area (Å²) in [6.07, 6.45) is 10.9. The average molecular weight is 288 g/mol. The molecule has 1 saturated carbocycles. The van der Waals surface area contributed by atoms with Crippen LogP contribution >= 0.6 is 0 Å². The first-order chi connectivity index (χ1) is 10.4. The number of H-pyrrole nitrogens is 1. The lowest BCUT2D eigenvalue weighted by molar-refractivity contribution is 0.471. The van der Waals surface area contributed by atoms with Crippen molar-refractivity contribution in [3.8, 4) is 0 Å². The van der Waals surface area contributed by atoms with Crippen LogP contribution in [0.5, 0.6) is 0 Å². The van der Waals surface area contributed by atoms with Crippen LogP contribution in [0.3, 0.4) is 0 Å². The Labute approximate surface area is 125 Å². The molecule has 0 radical (unpaired) electrons. The Morgan fingerprint density at radius 1 is 1.14 bits per heavy atom. The van der Waals surface area contributed by atoms with E-state index >= 15 is 0 Å². The number of nitrogens with zero attached hydrogens (tertiary/aromatic N) is 3. The van der Waals surface area contributed by atoms with E-state index in [2.05, 4.69) is 30.8 Å². The molecule has 1 aliphatic carbocycles. The first-order valence-corrected chi connectivity index (χ1v) is 8.08. The predicted octanol–water partition coefficient (Wildman–Crippen LogP) is 3.31. The van der Waals surface area contributed by atoms with E-state index in [1.165, 1.54) is 44.9 Å². The van der Waals surface area contributed by atoms with Gasteiger partial charge in [-0.05, 0) is 19.8 Å². The van der Waals surface area contributed by atoms with Crippen molar-refractivity contribution in [2.45, 2.75) is 57.9 Å². The maximum absolute atomic E-state index is 4.62. The summed E-state index contributed by atoms with van der Waals surface area (Å²) >= 11 is 0. The minimum absolute atomic E-state index is 0.507. The lowest BCUT2D eigenvalue weighted by atomic mass is 9.97. The van der Waals surface area contributed by atoms with Gasteiger partial charge in [0.1, 0.15) is 5.82 Å². The van der Waals surface area contributed by atoms with Crippen LogP contribution in [0.15, 0.2) is 6.20 Å². The van der Waals surface area contributed by atoms with E-state index in [-0.39, 0.29) is 0 Å². The van der Waals surface area contributed by atoms with Crippen molar-refractivity contribution in [2.75, 3.05) is 17.2 Å². The second-order valence-corrected chi connectivity index (χ2v) is 5.74. The van der Waals surface area contributed by atoms with Crippen molar-refractivity contribution in [3.63, 3.8) is 0 Å². The Balaban J connectivity index is 1.82. The van der Waals surface area contributed by atoms with E-state index < -0.39 is 0 Å².